The van der Waals surface area contributed by atoms with Gasteiger partial charge in [-0.2, -0.15) is 0 Å². The van der Waals surface area contributed by atoms with Gasteiger partial charge in [-0.05, 0) is 12.1 Å². The molecule has 1 aromatic rings. The summed E-state index contributed by atoms with van der Waals surface area (Å²) >= 11 is 0. The lowest BCUT2D eigenvalue weighted by molar-refractivity contribution is 0.0650. The summed E-state index contributed by atoms with van der Waals surface area (Å²) in [6.45, 7) is 1.94. The predicted molar refractivity (Wildman–Crippen MR) is 68.8 cm³/mol. The molecular weight excluding hydrogens is 236 g/mol. The van der Waals surface area contributed by atoms with Crippen LogP contribution in [0, 0.1) is 0 Å². The van der Waals surface area contributed by atoms with Crippen LogP contribution in [-0.2, 0) is 9.47 Å². The molecule has 1 aromatic carbocycles. The Morgan fingerprint density at radius 3 is 2.00 bits per heavy atom. The van der Waals surface area contributed by atoms with Gasteiger partial charge in [-0.25, -0.2) is 0 Å². The fourth-order valence-corrected chi connectivity index (χ4v) is 0.991. The molecule has 0 radical (unpaired) electrons. The monoisotopic (exact) mass is 258 g/mol. The fraction of sp³-hybridized carbons (Fsp3) is 0.538. The van der Waals surface area contributed by atoms with Crippen molar-refractivity contribution in [3.8, 4) is 5.75 Å². The van der Waals surface area contributed by atoms with E-state index in [-0.39, 0.29) is 13.2 Å². The first-order valence-corrected chi connectivity index (χ1v) is 5.81. The molecule has 0 bridgehead atoms. The number of methoxy groups -OCH3 is 1. The van der Waals surface area contributed by atoms with Crippen molar-refractivity contribution in [1.29, 1.82) is 0 Å². The number of benzene rings is 1. The van der Waals surface area contributed by atoms with E-state index in [9.17, 15) is 0 Å². The summed E-state index contributed by atoms with van der Waals surface area (Å²) in [6.07, 6.45) is 0. The molecule has 0 aliphatic rings. The van der Waals surface area contributed by atoms with E-state index >= 15 is 0 Å². The van der Waals surface area contributed by atoms with Crippen molar-refractivity contribution in [2.24, 2.45) is 0 Å². The Morgan fingerprint density at radius 1 is 0.889 bits per heavy atom. The van der Waals surface area contributed by atoms with Gasteiger partial charge in [-0.1, -0.05) is 18.2 Å². The van der Waals surface area contributed by atoms with E-state index in [2.05, 4.69) is 4.74 Å². The van der Waals surface area contributed by atoms with Gasteiger partial charge in [-0.15, -0.1) is 0 Å². The summed E-state index contributed by atoms with van der Waals surface area (Å²) in [5.74, 6) is 0.893. The van der Waals surface area contributed by atoms with Crippen molar-refractivity contribution in [3.63, 3.8) is 0 Å². The van der Waals surface area contributed by atoms with Crippen LogP contribution < -0.4 is 4.74 Å². The molecule has 0 spiro atoms. The van der Waals surface area contributed by atoms with Gasteiger partial charge < -0.3 is 24.4 Å². The van der Waals surface area contributed by atoms with Crippen LogP contribution in [0.15, 0.2) is 30.3 Å². The lowest BCUT2D eigenvalue weighted by Crippen LogP contribution is -2.03. The van der Waals surface area contributed by atoms with Crippen molar-refractivity contribution in [2.45, 2.75) is 0 Å². The average molecular weight is 258 g/mol. The zero-order valence-corrected chi connectivity index (χ0v) is 10.7. The lowest BCUT2D eigenvalue weighted by Gasteiger charge is -2.03. The first-order valence-electron chi connectivity index (χ1n) is 5.81. The molecule has 104 valence electrons. The van der Waals surface area contributed by atoms with E-state index in [1.807, 2.05) is 30.3 Å². The molecule has 0 aliphatic carbocycles. The third-order valence-electron chi connectivity index (χ3n) is 1.77. The largest absolute Gasteiger partial charge is 0.491 e. The molecule has 0 amide bonds. The van der Waals surface area contributed by atoms with Crippen LogP contribution in [-0.4, -0.2) is 57.0 Å². The number of hydrogen-bond donors (Lipinski definition) is 2. The third-order valence-corrected chi connectivity index (χ3v) is 1.77. The Bertz CT molecular complexity index is 249. The molecule has 2 N–H and O–H groups in total. The molecule has 0 heterocycles. The zero-order valence-electron chi connectivity index (χ0n) is 10.7. The molecule has 18 heavy (non-hydrogen) atoms. The van der Waals surface area contributed by atoms with Crippen molar-refractivity contribution >= 4 is 0 Å². The average Bonchev–Trinajstić information content (AvgIpc) is 2.42. The van der Waals surface area contributed by atoms with Gasteiger partial charge in [0.1, 0.15) is 12.4 Å². The van der Waals surface area contributed by atoms with Gasteiger partial charge >= 0.3 is 0 Å². The predicted octanol–water partition coefficient (Wildman–Crippen LogP) is 0.699. The molecule has 0 aliphatic heterocycles. The van der Waals surface area contributed by atoms with Crippen LogP contribution in [0.5, 0.6) is 5.75 Å². The highest BCUT2D eigenvalue weighted by Crippen LogP contribution is 2.07. The summed E-state index contributed by atoms with van der Waals surface area (Å²) in [6, 6.07) is 9.71. The number of aliphatic hydroxyl groups is 2. The third kappa shape index (κ3) is 11.3. The summed E-state index contributed by atoms with van der Waals surface area (Å²) in [7, 11) is 1.66. The van der Waals surface area contributed by atoms with Gasteiger partial charge in [0.15, 0.2) is 0 Å². The normalized spacial score (nSPS) is 9.50. The summed E-state index contributed by atoms with van der Waals surface area (Å²) < 4.78 is 14.8. The van der Waals surface area contributed by atoms with E-state index in [4.69, 9.17) is 19.7 Å². The Morgan fingerprint density at radius 2 is 1.50 bits per heavy atom. The number of hydrogen-bond acceptors (Lipinski definition) is 5. The highest BCUT2D eigenvalue weighted by Gasteiger charge is 1.88. The smallest absolute Gasteiger partial charge is 0.119 e. The van der Waals surface area contributed by atoms with Crippen molar-refractivity contribution < 1.29 is 24.4 Å². The van der Waals surface area contributed by atoms with Crippen LogP contribution in [0.2, 0.25) is 0 Å². The molecule has 0 saturated carbocycles. The number of para-hydroxylation sites is 1. The van der Waals surface area contributed by atoms with Crippen LogP contribution in [0.25, 0.3) is 0 Å². The van der Waals surface area contributed by atoms with Crippen LogP contribution in [0.4, 0.5) is 0 Å². The zero-order chi connectivity index (χ0) is 13.5. The molecule has 5 nitrogen and oxygen atoms in total. The highest BCUT2D eigenvalue weighted by molar-refractivity contribution is 5.20. The van der Waals surface area contributed by atoms with E-state index in [1.165, 1.54) is 0 Å². The Kier molecular flexibility index (Phi) is 13.0. The second-order valence-electron chi connectivity index (χ2n) is 3.21. The molecule has 0 aromatic heterocycles. The van der Waals surface area contributed by atoms with Gasteiger partial charge in [0.05, 0.1) is 33.0 Å². The van der Waals surface area contributed by atoms with Crippen LogP contribution in [0.3, 0.4) is 0 Å². The van der Waals surface area contributed by atoms with Crippen LogP contribution >= 0.6 is 0 Å². The molecular formula is C13H22O5. The topological polar surface area (TPSA) is 68.2 Å². The van der Waals surface area contributed by atoms with Gasteiger partial charge in [0.25, 0.3) is 0 Å². The maximum absolute atomic E-state index is 8.09. The lowest BCUT2D eigenvalue weighted by atomic mass is 10.3. The Balaban J connectivity index is 0.000000360. The Labute approximate surface area is 108 Å². The fourth-order valence-electron chi connectivity index (χ4n) is 0.991. The molecule has 5 heteroatoms. The maximum Gasteiger partial charge on any atom is 0.119 e. The quantitative estimate of drug-likeness (QED) is 0.672. The molecule has 0 atom stereocenters. The highest BCUT2D eigenvalue weighted by atomic mass is 16.5. The van der Waals surface area contributed by atoms with Gasteiger partial charge in [0.2, 0.25) is 0 Å². The van der Waals surface area contributed by atoms with Crippen LogP contribution in [0.1, 0.15) is 0 Å². The standard InChI is InChI=1S/C9H12O2.C4H10O3/c1-10-7-8-11-9-5-3-2-4-6-9;5-1-3-7-4-2-6/h2-6H,7-8H2,1H3;5-6H,1-4H2. The van der Waals surface area contributed by atoms with E-state index < -0.39 is 0 Å². The van der Waals surface area contributed by atoms with E-state index in [1.54, 1.807) is 7.11 Å². The number of aliphatic hydroxyl groups excluding tert-OH is 2. The summed E-state index contributed by atoms with van der Waals surface area (Å²) in [5, 5.41) is 16.2. The second kappa shape index (κ2) is 13.9. The first kappa shape index (κ1) is 16.9. The number of ether oxygens (including phenoxy) is 3. The molecule has 0 unspecified atom stereocenters. The van der Waals surface area contributed by atoms with Crippen molar-refractivity contribution in [2.75, 3.05) is 46.8 Å². The minimum absolute atomic E-state index is 0.0278. The van der Waals surface area contributed by atoms with E-state index in [0.29, 0.717) is 26.4 Å². The Hall–Kier alpha value is -1.14. The van der Waals surface area contributed by atoms with E-state index in [0.717, 1.165) is 5.75 Å². The van der Waals surface area contributed by atoms with Gasteiger partial charge in [0, 0.05) is 7.11 Å². The SMILES string of the molecule is COCCOc1ccccc1.OCCOCCO. The molecule has 0 saturated heterocycles. The van der Waals surface area contributed by atoms with Crippen molar-refractivity contribution in [3.05, 3.63) is 30.3 Å². The number of rotatable bonds is 8. The second-order valence-corrected chi connectivity index (χ2v) is 3.21. The summed E-state index contributed by atoms with van der Waals surface area (Å²) in [4.78, 5) is 0. The maximum atomic E-state index is 8.09. The minimum atomic E-state index is 0.0278. The minimum Gasteiger partial charge on any atom is -0.491 e. The molecule has 0 fully saturated rings. The first-order chi connectivity index (χ1) is 8.85. The summed E-state index contributed by atoms with van der Waals surface area (Å²) in [5.41, 5.74) is 0. The molecule has 1 rings (SSSR count). The van der Waals surface area contributed by atoms with Gasteiger partial charge in [-0.3, -0.25) is 0 Å². The van der Waals surface area contributed by atoms with Crippen molar-refractivity contribution in [1.82, 2.24) is 0 Å².